The van der Waals surface area contributed by atoms with Crippen LogP contribution in [0.4, 0.5) is 0 Å². The zero-order valence-electron chi connectivity index (χ0n) is 21.7. The minimum atomic E-state index is 0. The van der Waals surface area contributed by atoms with Crippen LogP contribution in [-0.2, 0) is 6.54 Å². The van der Waals surface area contributed by atoms with E-state index in [1.165, 1.54) is 113 Å². The molecule has 0 saturated heterocycles. The van der Waals surface area contributed by atoms with Crippen molar-refractivity contribution in [3.8, 4) is 0 Å². The first kappa shape index (κ1) is 30.1. The van der Waals surface area contributed by atoms with Crippen LogP contribution in [0.25, 0.3) is 0 Å². The second-order valence-electron chi connectivity index (χ2n) is 10.3. The Morgan fingerprint density at radius 2 is 0.968 bits per heavy atom. The first-order chi connectivity index (χ1) is 14.5. The Morgan fingerprint density at radius 3 is 1.35 bits per heavy atom. The summed E-state index contributed by atoms with van der Waals surface area (Å²) in [7, 11) is 0. The molecule has 0 radical (unpaired) electrons. The van der Waals surface area contributed by atoms with Crippen molar-refractivity contribution in [2.24, 2.45) is 0 Å². The molecule has 2 nitrogen and oxygen atoms in total. The van der Waals surface area contributed by atoms with E-state index in [1.807, 2.05) is 0 Å². The highest BCUT2D eigenvalue weighted by Crippen LogP contribution is 2.26. The Hall–Kier alpha value is -0.860. The highest BCUT2D eigenvalue weighted by Gasteiger charge is 2.34. The van der Waals surface area contributed by atoms with Crippen molar-refractivity contribution in [3.05, 3.63) is 35.9 Å². The van der Waals surface area contributed by atoms with Crippen LogP contribution in [0.15, 0.2) is 30.3 Å². The van der Waals surface area contributed by atoms with Crippen LogP contribution in [0, 0.1) is 0 Å². The Kier molecular flexibility index (Phi) is 18.2. The lowest BCUT2D eigenvalue weighted by Gasteiger charge is -2.46. The maximum atomic E-state index is 2.42. The third kappa shape index (κ3) is 12.7. The van der Waals surface area contributed by atoms with Crippen molar-refractivity contribution in [1.29, 1.82) is 0 Å². The molecule has 0 amide bonds. The van der Waals surface area contributed by atoms with Crippen LogP contribution in [0.3, 0.4) is 0 Å². The lowest BCUT2D eigenvalue weighted by atomic mass is 10.0. The van der Waals surface area contributed by atoms with Crippen molar-refractivity contribution in [1.82, 2.24) is 0 Å². The molecular weight excluding hydrogens is 378 g/mol. The molecule has 0 bridgehead atoms. The summed E-state index contributed by atoms with van der Waals surface area (Å²) in [5.41, 5.74) is 1.49. The van der Waals surface area contributed by atoms with Crippen molar-refractivity contribution in [2.75, 3.05) is 6.54 Å². The van der Waals surface area contributed by atoms with E-state index in [0.29, 0.717) is 12.1 Å². The number of quaternary nitrogens is 1. The predicted molar refractivity (Wildman–Crippen MR) is 138 cm³/mol. The van der Waals surface area contributed by atoms with Gasteiger partial charge >= 0.3 is 0 Å². The van der Waals surface area contributed by atoms with Gasteiger partial charge in [-0.3, -0.25) is 0 Å². The summed E-state index contributed by atoms with van der Waals surface area (Å²) in [6, 6.07) is 12.5. The van der Waals surface area contributed by atoms with Gasteiger partial charge in [-0.05, 0) is 40.5 Å². The smallest absolute Gasteiger partial charge is 0.105 e. The average molecular weight is 434 g/mol. The third-order valence-corrected chi connectivity index (χ3v) is 7.30. The zero-order valence-corrected chi connectivity index (χ0v) is 21.7. The summed E-state index contributed by atoms with van der Waals surface area (Å²) in [5, 5.41) is 0. The zero-order chi connectivity index (χ0) is 22.1. The topological polar surface area (TPSA) is 30.0 Å². The summed E-state index contributed by atoms with van der Waals surface area (Å²) >= 11 is 0. The van der Waals surface area contributed by atoms with Gasteiger partial charge in [0.1, 0.15) is 6.54 Å². The molecule has 0 spiro atoms. The van der Waals surface area contributed by atoms with Crippen molar-refractivity contribution in [2.45, 2.75) is 143 Å². The first-order valence-electron chi connectivity index (χ1n) is 13.4. The van der Waals surface area contributed by atoms with E-state index in [2.05, 4.69) is 65.0 Å². The SMILES string of the molecule is CCCCCCCCCCCCCCCC[N+](Cc1ccccc1)(C(C)C)C(C)C.[OH-]. The predicted octanol–water partition coefficient (Wildman–Crippen LogP) is 9.12. The van der Waals surface area contributed by atoms with Crippen LogP contribution in [-0.4, -0.2) is 28.6 Å². The fraction of sp³-hybridized carbons (Fsp3) is 0.793. The molecule has 0 aliphatic carbocycles. The number of benzene rings is 1. The first-order valence-corrected chi connectivity index (χ1v) is 13.4. The lowest BCUT2D eigenvalue weighted by Crippen LogP contribution is -2.57. The second-order valence-corrected chi connectivity index (χ2v) is 10.3. The summed E-state index contributed by atoms with van der Waals surface area (Å²) in [5.74, 6) is 0. The van der Waals surface area contributed by atoms with Crippen LogP contribution < -0.4 is 0 Å². The molecule has 2 heteroatoms. The average Bonchev–Trinajstić information content (AvgIpc) is 2.73. The molecule has 1 aromatic rings. The molecule has 0 unspecified atom stereocenters. The largest absolute Gasteiger partial charge is 0.870 e. The van der Waals surface area contributed by atoms with Gasteiger partial charge in [-0.2, -0.15) is 0 Å². The van der Waals surface area contributed by atoms with Crippen molar-refractivity contribution >= 4 is 0 Å². The van der Waals surface area contributed by atoms with Crippen LogP contribution in [0.1, 0.15) is 130 Å². The van der Waals surface area contributed by atoms with Gasteiger partial charge in [0.25, 0.3) is 0 Å². The third-order valence-electron chi connectivity index (χ3n) is 7.30. The fourth-order valence-corrected chi connectivity index (χ4v) is 5.08. The minimum absolute atomic E-state index is 0. The van der Waals surface area contributed by atoms with E-state index < -0.39 is 0 Å². The van der Waals surface area contributed by atoms with E-state index in [4.69, 9.17) is 0 Å². The molecule has 31 heavy (non-hydrogen) atoms. The molecule has 0 atom stereocenters. The number of rotatable bonds is 19. The Labute approximate surface area is 195 Å². The molecule has 182 valence electrons. The van der Waals surface area contributed by atoms with Gasteiger partial charge in [-0.25, -0.2) is 0 Å². The molecular formula is C29H55NO. The van der Waals surface area contributed by atoms with Crippen LogP contribution in [0.5, 0.6) is 0 Å². The Balaban J connectivity index is 0.00000900. The van der Waals surface area contributed by atoms with Gasteiger partial charge in [0.2, 0.25) is 0 Å². The number of hydrogen-bond donors (Lipinski definition) is 0. The molecule has 1 N–H and O–H groups in total. The maximum Gasteiger partial charge on any atom is 0.105 e. The summed E-state index contributed by atoms with van der Waals surface area (Å²) in [6.07, 6.45) is 20.1. The number of hydrogen-bond acceptors (Lipinski definition) is 1. The summed E-state index contributed by atoms with van der Waals surface area (Å²) in [4.78, 5) is 0. The van der Waals surface area contributed by atoms with E-state index >= 15 is 0 Å². The van der Waals surface area contributed by atoms with Crippen LogP contribution in [0.2, 0.25) is 0 Å². The second kappa shape index (κ2) is 18.7. The van der Waals surface area contributed by atoms with Crippen LogP contribution >= 0.6 is 0 Å². The number of unbranched alkanes of at least 4 members (excludes halogenated alkanes) is 13. The standard InChI is InChI=1S/C29H54N.H2O/c1-6-7-8-9-10-11-12-13-14-15-16-17-18-22-25-30(27(2)3,28(4)5)26-29-23-20-19-21-24-29;/h19-21,23-24,27-28H,6-18,22,25-26H2,1-5H3;1H2/q+1;/p-1. The van der Waals surface area contributed by atoms with E-state index in [-0.39, 0.29) is 5.48 Å². The monoisotopic (exact) mass is 433 g/mol. The van der Waals surface area contributed by atoms with Gasteiger partial charge in [-0.15, -0.1) is 0 Å². The molecule has 0 aliphatic heterocycles. The molecule has 1 aromatic carbocycles. The quantitative estimate of drug-likeness (QED) is 0.158. The van der Waals surface area contributed by atoms with E-state index in [9.17, 15) is 0 Å². The molecule has 0 aromatic heterocycles. The van der Waals surface area contributed by atoms with Gasteiger partial charge in [0.15, 0.2) is 0 Å². The van der Waals surface area contributed by atoms with Gasteiger partial charge < -0.3 is 9.96 Å². The normalized spacial score (nSPS) is 11.8. The molecule has 0 saturated carbocycles. The summed E-state index contributed by atoms with van der Waals surface area (Å²) < 4.78 is 1.22. The Morgan fingerprint density at radius 1 is 0.581 bits per heavy atom. The van der Waals surface area contributed by atoms with Gasteiger partial charge in [0, 0.05) is 5.56 Å². The highest BCUT2D eigenvalue weighted by molar-refractivity contribution is 5.13. The molecule has 1 rings (SSSR count). The van der Waals surface area contributed by atoms with Crippen molar-refractivity contribution in [3.63, 3.8) is 0 Å². The fourth-order valence-electron chi connectivity index (χ4n) is 5.08. The van der Waals surface area contributed by atoms with Gasteiger partial charge in [0.05, 0.1) is 18.6 Å². The maximum absolute atomic E-state index is 2.42. The van der Waals surface area contributed by atoms with Gasteiger partial charge in [-0.1, -0.05) is 114 Å². The van der Waals surface area contributed by atoms with E-state index in [0.717, 1.165) is 0 Å². The summed E-state index contributed by atoms with van der Waals surface area (Å²) in [6.45, 7) is 14.5. The lowest BCUT2D eigenvalue weighted by molar-refractivity contribution is -0.979. The highest BCUT2D eigenvalue weighted by atomic mass is 16.0. The minimum Gasteiger partial charge on any atom is -0.870 e. The molecule has 0 heterocycles. The molecule has 0 fully saturated rings. The van der Waals surface area contributed by atoms with Crippen molar-refractivity contribution < 1.29 is 9.96 Å². The molecule has 0 aliphatic rings. The van der Waals surface area contributed by atoms with E-state index in [1.54, 1.807) is 0 Å². The number of nitrogens with zero attached hydrogens (tertiary/aromatic N) is 1. The Bertz CT molecular complexity index is 489.